The van der Waals surface area contributed by atoms with Crippen molar-refractivity contribution in [1.29, 1.82) is 0 Å². The molecule has 2 aromatic rings. The van der Waals surface area contributed by atoms with Gasteiger partial charge in [0.2, 0.25) is 0 Å². The minimum atomic E-state index is -0.134. The van der Waals surface area contributed by atoms with Gasteiger partial charge in [0.05, 0.1) is 5.56 Å². The molecule has 0 radical (unpaired) electrons. The molecular weight excluding hydrogens is 236 g/mol. The van der Waals surface area contributed by atoms with Crippen LogP contribution < -0.4 is 5.32 Å². The van der Waals surface area contributed by atoms with Gasteiger partial charge in [-0.15, -0.1) is 0 Å². The van der Waals surface area contributed by atoms with E-state index in [-0.39, 0.29) is 5.91 Å². The lowest BCUT2D eigenvalue weighted by molar-refractivity contribution is 0.102. The van der Waals surface area contributed by atoms with E-state index < -0.39 is 0 Å². The molecule has 1 heterocycles. The molecule has 1 N–H and O–H groups in total. The molecule has 0 fully saturated rings. The van der Waals surface area contributed by atoms with Gasteiger partial charge in [0.1, 0.15) is 0 Å². The second-order valence-electron chi connectivity index (χ2n) is 4.92. The molecule has 2 rings (SSSR count). The first kappa shape index (κ1) is 13.3. The van der Waals surface area contributed by atoms with Crippen molar-refractivity contribution in [3.8, 4) is 0 Å². The summed E-state index contributed by atoms with van der Waals surface area (Å²) < 4.78 is 0. The quantitative estimate of drug-likeness (QED) is 0.906. The molecule has 0 spiro atoms. The molecule has 0 atom stereocenters. The lowest BCUT2D eigenvalue weighted by Gasteiger charge is -2.08. The summed E-state index contributed by atoms with van der Waals surface area (Å²) in [5.41, 5.74) is 3.53. The fourth-order valence-corrected chi connectivity index (χ4v) is 1.76. The maximum Gasteiger partial charge on any atom is 0.257 e. The molecule has 0 saturated heterocycles. The number of hydrogen-bond donors (Lipinski definition) is 1. The molecule has 1 amide bonds. The number of nitrogens with zero attached hydrogens (tertiary/aromatic N) is 1. The van der Waals surface area contributed by atoms with E-state index in [9.17, 15) is 4.79 Å². The minimum Gasteiger partial charge on any atom is -0.322 e. The Labute approximate surface area is 113 Å². The molecule has 3 nitrogen and oxygen atoms in total. The standard InChI is InChI=1S/C16H18N2O/c1-11(2)13-6-8-15(9-7-13)18-16(19)14-5-4-12(3)17-10-14/h4-11H,1-3H3,(H,18,19). The van der Waals surface area contributed by atoms with Crippen molar-refractivity contribution in [2.45, 2.75) is 26.7 Å². The van der Waals surface area contributed by atoms with Gasteiger partial charge in [0.15, 0.2) is 0 Å². The Hall–Kier alpha value is -2.16. The maximum absolute atomic E-state index is 12.0. The molecule has 0 aliphatic heterocycles. The van der Waals surface area contributed by atoms with Gasteiger partial charge in [-0.2, -0.15) is 0 Å². The lowest BCUT2D eigenvalue weighted by atomic mass is 10.0. The third-order valence-corrected chi connectivity index (χ3v) is 3.01. The van der Waals surface area contributed by atoms with Gasteiger partial charge in [-0.25, -0.2) is 0 Å². The van der Waals surface area contributed by atoms with Crippen molar-refractivity contribution >= 4 is 11.6 Å². The average Bonchev–Trinajstić information content (AvgIpc) is 2.40. The first-order valence-electron chi connectivity index (χ1n) is 6.40. The Morgan fingerprint density at radius 3 is 2.32 bits per heavy atom. The van der Waals surface area contributed by atoms with Gasteiger partial charge < -0.3 is 5.32 Å². The highest BCUT2D eigenvalue weighted by molar-refractivity contribution is 6.04. The van der Waals surface area contributed by atoms with Crippen molar-refractivity contribution in [2.75, 3.05) is 5.32 Å². The second-order valence-corrected chi connectivity index (χ2v) is 4.92. The zero-order chi connectivity index (χ0) is 13.8. The van der Waals surface area contributed by atoms with Crippen molar-refractivity contribution < 1.29 is 4.79 Å². The largest absolute Gasteiger partial charge is 0.322 e. The van der Waals surface area contributed by atoms with E-state index in [1.165, 1.54) is 5.56 Å². The number of aromatic nitrogens is 1. The van der Waals surface area contributed by atoms with Crippen LogP contribution in [0.1, 0.15) is 41.4 Å². The molecular formula is C16H18N2O. The van der Waals surface area contributed by atoms with Crippen LogP contribution in [0.15, 0.2) is 42.6 Å². The second kappa shape index (κ2) is 5.65. The summed E-state index contributed by atoms with van der Waals surface area (Å²) in [7, 11) is 0. The Balaban J connectivity index is 2.08. The molecule has 0 aliphatic carbocycles. The third-order valence-electron chi connectivity index (χ3n) is 3.01. The smallest absolute Gasteiger partial charge is 0.257 e. The van der Waals surface area contributed by atoms with Gasteiger partial charge in [-0.1, -0.05) is 26.0 Å². The van der Waals surface area contributed by atoms with Crippen LogP contribution in [0.2, 0.25) is 0 Å². The van der Waals surface area contributed by atoms with Crippen LogP contribution in [0.5, 0.6) is 0 Å². The van der Waals surface area contributed by atoms with E-state index >= 15 is 0 Å². The average molecular weight is 254 g/mol. The lowest BCUT2D eigenvalue weighted by Crippen LogP contribution is -2.12. The van der Waals surface area contributed by atoms with Crippen molar-refractivity contribution in [3.63, 3.8) is 0 Å². The molecule has 0 bridgehead atoms. The first-order chi connectivity index (χ1) is 9.06. The molecule has 0 unspecified atom stereocenters. The van der Waals surface area contributed by atoms with Crippen molar-refractivity contribution in [3.05, 3.63) is 59.4 Å². The van der Waals surface area contributed by atoms with Crippen LogP contribution in [-0.2, 0) is 0 Å². The van der Waals surface area contributed by atoms with E-state index in [1.807, 2.05) is 37.3 Å². The number of anilines is 1. The van der Waals surface area contributed by atoms with Crippen molar-refractivity contribution in [1.82, 2.24) is 4.98 Å². The van der Waals surface area contributed by atoms with E-state index in [0.717, 1.165) is 11.4 Å². The van der Waals surface area contributed by atoms with Crippen LogP contribution in [0.3, 0.4) is 0 Å². The summed E-state index contributed by atoms with van der Waals surface area (Å²) in [5, 5.41) is 2.86. The van der Waals surface area contributed by atoms with Gasteiger partial charge in [-0.3, -0.25) is 9.78 Å². The van der Waals surface area contributed by atoms with Crippen LogP contribution in [0, 0.1) is 6.92 Å². The molecule has 1 aromatic heterocycles. The third kappa shape index (κ3) is 3.41. The zero-order valence-electron chi connectivity index (χ0n) is 11.5. The summed E-state index contributed by atoms with van der Waals surface area (Å²) in [6.07, 6.45) is 1.59. The molecule has 98 valence electrons. The molecule has 0 aliphatic rings. The number of nitrogens with one attached hydrogen (secondary N) is 1. The van der Waals surface area contributed by atoms with Gasteiger partial charge in [0, 0.05) is 17.6 Å². The van der Waals surface area contributed by atoms with E-state index in [1.54, 1.807) is 12.3 Å². The number of rotatable bonds is 3. The van der Waals surface area contributed by atoms with Gasteiger partial charge in [-0.05, 0) is 42.7 Å². The highest BCUT2D eigenvalue weighted by Crippen LogP contribution is 2.17. The molecule has 3 heteroatoms. The fraction of sp³-hybridized carbons (Fsp3) is 0.250. The maximum atomic E-state index is 12.0. The highest BCUT2D eigenvalue weighted by Gasteiger charge is 2.06. The van der Waals surface area contributed by atoms with Gasteiger partial charge >= 0.3 is 0 Å². The predicted molar refractivity (Wildman–Crippen MR) is 77.5 cm³/mol. The van der Waals surface area contributed by atoms with Gasteiger partial charge in [0.25, 0.3) is 5.91 Å². The molecule has 19 heavy (non-hydrogen) atoms. The minimum absolute atomic E-state index is 0.134. The fourth-order valence-electron chi connectivity index (χ4n) is 1.76. The zero-order valence-corrected chi connectivity index (χ0v) is 11.5. The first-order valence-corrected chi connectivity index (χ1v) is 6.40. The summed E-state index contributed by atoms with van der Waals surface area (Å²) in [6.45, 7) is 6.18. The van der Waals surface area contributed by atoms with Crippen LogP contribution in [0.25, 0.3) is 0 Å². The van der Waals surface area contributed by atoms with E-state index in [0.29, 0.717) is 11.5 Å². The SMILES string of the molecule is Cc1ccc(C(=O)Nc2ccc(C(C)C)cc2)cn1. The van der Waals surface area contributed by atoms with E-state index in [4.69, 9.17) is 0 Å². The van der Waals surface area contributed by atoms with Crippen LogP contribution >= 0.6 is 0 Å². The number of aryl methyl sites for hydroxylation is 1. The number of benzene rings is 1. The summed E-state index contributed by atoms with van der Waals surface area (Å²) in [5.74, 6) is 0.357. The van der Waals surface area contributed by atoms with Crippen molar-refractivity contribution in [2.24, 2.45) is 0 Å². The number of pyridine rings is 1. The van der Waals surface area contributed by atoms with E-state index in [2.05, 4.69) is 24.1 Å². The molecule has 0 saturated carbocycles. The topological polar surface area (TPSA) is 42.0 Å². The molecule has 1 aromatic carbocycles. The summed E-state index contributed by atoms with van der Waals surface area (Å²) in [6, 6.07) is 11.5. The normalized spacial score (nSPS) is 10.5. The monoisotopic (exact) mass is 254 g/mol. The Morgan fingerprint density at radius 2 is 1.79 bits per heavy atom. The number of carbonyl (C=O) groups excluding carboxylic acids is 1. The van der Waals surface area contributed by atoms with Crippen LogP contribution in [0.4, 0.5) is 5.69 Å². The summed E-state index contributed by atoms with van der Waals surface area (Å²) in [4.78, 5) is 16.1. The summed E-state index contributed by atoms with van der Waals surface area (Å²) >= 11 is 0. The highest BCUT2D eigenvalue weighted by atomic mass is 16.1. The number of hydrogen-bond acceptors (Lipinski definition) is 2. The van der Waals surface area contributed by atoms with Crippen LogP contribution in [-0.4, -0.2) is 10.9 Å². The Bertz CT molecular complexity index is 556. The Morgan fingerprint density at radius 1 is 1.11 bits per heavy atom. The number of carbonyl (C=O) groups is 1. The number of amides is 1. The predicted octanol–water partition coefficient (Wildman–Crippen LogP) is 3.77. The Kier molecular flexibility index (Phi) is 3.95.